The number of aryl methyl sites for hydroxylation is 1. The summed E-state index contributed by atoms with van der Waals surface area (Å²) in [5.74, 6) is 0.900. The van der Waals surface area contributed by atoms with Crippen molar-refractivity contribution in [3.05, 3.63) is 33.5 Å². The maximum Gasteiger partial charge on any atom is 0.154 e. The van der Waals surface area contributed by atoms with Gasteiger partial charge in [-0.2, -0.15) is 0 Å². The van der Waals surface area contributed by atoms with Crippen LogP contribution >= 0.6 is 23.2 Å². The van der Waals surface area contributed by atoms with Crippen molar-refractivity contribution in [2.24, 2.45) is 0 Å². The molecular weight excluding hydrogens is 233 g/mol. The van der Waals surface area contributed by atoms with Crippen molar-refractivity contribution in [3.63, 3.8) is 0 Å². The molecule has 0 saturated carbocycles. The molecule has 0 radical (unpaired) electrons. The number of nitrogens with one attached hydrogen (secondary N) is 1. The van der Waals surface area contributed by atoms with Crippen LogP contribution in [0.5, 0.6) is 0 Å². The number of fused-ring (bicyclic) bond motifs is 1. The van der Waals surface area contributed by atoms with Gasteiger partial charge in [-0.15, -0.1) is 0 Å². The van der Waals surface area contributed by atoms with E-state index in [2.05, 4.69) is 5.32 Å². The van der Waals surface area contributed by atoms with Crippen molar-refractivity contribution in [2.45, 2.75) is 13.5 Å². The van der Waals surface area contributed by atoms with E-state index in [1.807, 2.05) is 20.0 Å². The Bertz CT molecular complexity index is 505. The van der Waals surface area contributed by atoms with E-state index in [-0.39, 0.29) is 0 Å². The van der Waals surface area contributed by atoms with Crippen LogP contribution in [0.25, 0.3) is 11.0 Å². The van der Waals surface area contributed by atoms with Gasteiger partial charge in [0, 0.05) is 5.39 Å². The van der Waals surface area contributed by atoms with Gasteiger partial charge in [0.1, 0.15) is 10.8 Å². The van der Waals surface area contributed by atoms with E-state index in [1.165, 1.54) is 0 Å². The molecule has 0 unspecified atom stereocenters. The SMILES string of the molecule is CNCc1oc2c(Cl)c(Cl)ccc2c1C. The Morgan fingerprint density at radius 2 is 2.07 bits per heavy atom. The summed E-state index contributed by atoms with van der Waals surface area (Å²) in [6.07, 6.45) is 0. The fourth-order valence-electron chi connectivity index (χ4n) is 1.61. The highest BCUT2D eigenvalue weighted by molar-refractivity contribution is 6.44. The number of halogens is 2. The van der Waals surface area contributed by atoms with Crippen molar-refractivity contribution >= 4 is 34.2 Å². The number of rotatable bonds is 2. The molecule has 4 heteroatoms. The molecule has 15 heavy (non-hydrogen) atoms. The Morgan fingerprint density at radius 1 is 1.33 bits per heavy atom. The normalized spacial score (nSPS) is 11.2. The van der Waals surface area contributed by atoms with Crippen LogP contribution in [0.4, 0.5) is 0 Å². The second kappa shape index (κ2) is 4.05. The number of hydrogen-bond donors (Lipinski definition) is 1. The summed E-state index contributed by atoms with van der Waals surface area (Å²) in [6.45, 7) is 2.71. The van der Waals surface area contributed by atoms with Gasteiger partial charge < -0.3 is 9.73 Å². The third kappa shape index (κ3) is 1.73. The van der Waals surface area contributed by atoms with Gasteiger partial charge in [-0.3, -0.25) is 0 Å². The smallest absolute Gasteiger partial charge is 0.154 e. The van der Waals surface area contributed by atoms with E-state index in [4.69, 9.17) is 27.6 Å². The zero-order chi connectivity index (χ0) is 11.0. The minimum Gasteiger partial charge on any atom is -0.458 e. The quantitative estimate of drug-likeness (QED) is 0.869. The molecule has 80 valence electrons. The standard InChI is InChI=1S/C11H11Cl2NO/c1-6-7-3-4-8(12)10(13)11(7)15-9(6)5-14-2/h3-4,14H,5H2,1-2H3. The Hall–Kier alpha value is -0.700. The molecule has 2 nitrogen and oxygen atoms in total. The molecule has 0 spiro atoms. The van der Waals surface area contributed by atoms with Crippen LogP contribution in [0.15, 0.2) is 16.5 Å². The first-order valence-corrected chi connectivity index (χ1v) is 5.41. The molecule has 0 aliphatic carbocycles. The van der Waals surface area contributed by atoms with Crippen molar-refractivity contribution in [1.82, 2.24) is 5.32 Å². The van der Waals surface area contributed by atoms with Crippen LogP contribution in [0, 0.1) is 6.92 Å². The largest absolute Gasteiger partial charge is 0.458 e. The lowest BCUT2D eigenvalue weighted by atomic mass is 10.1. The van der Waals surface area contributed by atoms with Gasteiger partial charge in [0.15, 0.2) is 5.58 Å². The van der Waals surface area contributed by atoms with E-state index >= 15 is 0 Å². The first kappa shape index (κ1) is 10.8. The second-order valence-corrected chi connectivity index (χ2v) is 4.20. The molecule has 2 aromatic rings. The molecule has 0 saturated heterocycles. The highest BCUT2D eigenvalue weighted by Gasteiger charge is 2.13. The van der Waals surface area contributed by atoms with Gasteiger partial charge in [0.05, 0.1) is 11.6 Å². The molecule has 1 heterocycles. The minimum atomic E-state index is 0.486. The maximum atomic E-state index is 6.07. The van der Waals surface area contributed by atoms with Crippen molar-refractivity contribution < 1.29 is 4.42 Å². The monoisotopic (exact) mass is 243 g/mol. The molecule has 1 N–H and O–H groups in total. The molecule has 0 fully saturated rings. The summed E-state index contributed by atoms with van der Waals surface area (Å²) in [5, 5.41) is 5.08. The first-order valence-electron chi connectivity index (χ1n) is 4.65. The van der Waals surface area contributed by atoms with E-state index < -0.39 is 0 Å². The van der Waals surface area contributed by atoms with E-state index in [0.29, 0.717) is 22.2 Å². The average molecular weight is 244 g/mol. The summed E-state index contributed by atoms with van der Waals surface area (Å²) in [7, 11) is 1.88. The number of hydrogen-bond acceptors (Lipinski definition) is 2. The fraction of sp³-hybridized carbons (Fsp3) is 0.273. The predicted molar refractivity (Wildman–Crippen MR) is 63.7 cm³/mol. The van der Waals surface area contributed by atoms with Crippen LogP contribution in [0.1, 0.15) is 11.3 Å². The van der Waals surface area contributed by atoms with Gasteiger partial charge >= 0.3 is 0 Å². The lowest BCUT2D eigenvalue weighted by molar-refractivity contribution is 0.527. The third-order valence-electron chi connectivity index (χ3n) is 2.43. The van der Waals surface area contributed by atoms with Gasteiger partial charge in [-0.25, -0.2) is 0 Å². The molecule has 0 amide bonds. The van der Waals surface area contributed by atoms with E-state index in [1.54, 1.807) is 6.07 Å². The Labute approximate surface area is 98.2 Å². The number of benzene rings is 1. The van der Waals surface area contributed by atoms with Crippen LogP contribution in [-0.4, -0.2) is 7.05 Å². The zero-order valence-corrected chi connectivity index (χ0v) is 10.0. The predicted octanol–water partition coefficient (Wildman–Crippen LogP) is 3.77. The highest BCUT2D eigenvalue weighted by Crippen LogP contribution is 2.35. The summed E-state index contributed by atoms with van der Waals surface area (Å²) in [6, 6.07) is 3.72. The first-order chi connectivity index (χ1) is 7.15. The van der Waals surface area contributed by atoms with E-state index in [0.717, 1.165) is 16.7 Å². The van der Waals surface area contributed by atoms with E-state index in [9.17, 15) is 0 Å². The summed E-state index contributed by atoms with van der Waals surface area (Å²) in [5.41, 5.74) is 1.78. The fourth-order valence-corrected chi connectivity index (χ4v) is 1.96. The molecule has 0 bridgehead atoms. The topological polar surface area (TPSA) is 25.2 Å². The summed E-state index contributed by atoms with van der Waals surface area (Å²) in [4.78, 5) is 0. The van der Waals surface area contributed by atoms with Crippen LogP contribution in [0.2, 0.25) is 10.0 Å². The van der Waals surface area contributed by atoms with Gasteiger partial charge in [-0.1, -0.05) is 23.2 Å². The van der Waals surface area contributed by atoms with Crippen molar-refractivity contribution in [3.8, 4) is 0 Å². The van der Waals surface area contributed by atoms with Crippen LogP contribution in [-0.2, 0) is 6.54 Å². The van der Waals surface area contributed by atoms with Gasteiger partial charge in [0.25, 0.3) is 0 Å². The summed E-state index contributed by atoms with van der Waals surface area (Å²) < 4.78 is 5.67. The van der Waals surface area contributed by atoms with Gasteiger partial charge in [-0.05, 0) is 31.7 Å². The van der Waals surface area contributed by atoms with Gasteiger partial charge in [0.2, 0.25) is 0 Å². The molecule has 1 aromatic heterocycles. The molecule has 0 aliphatic rings. The lowest BCUT2D eigenvalue weighted by Gasteiger charge is -1.95. The molecule has 2 rings (SSSR count). The molecule has 0 atom stereocenters. The third-order valence-corrected chi connectivity index (χ3v) is 3.22. The van der Waals surface area contributed by atoms with Crippen molar-refractivity contribution in [1.29, 1.82) is 0 Å². The van der Waals surface area contributed by atoms with Crippen LogP contribution in [0.3, 0.4) is 0 Å². The average Bonchev–Trinajstić information content (AvgIpc) is 2.52. The van der Waals surface area contributed by atoms with Crippen molar-refractivity contribution in [2.75, 3.05) is 7.05 Å². The lowest BCUT2D eigenvalue weighted by Crippen LogP contribution is -2.04. The Morgan fingerprint density at radius 3 is 2.73 bits per heavy atom. The molecule has 0 aliphatic heterocycles. The highest BCUT2D eigenvalue weighted by atomic mass is 35.5. The number of furan rings is 1. The Balaban J connectivity index is 2.70. The maximum absolute atomic E-state index is 6.07. The second-order valence-electron chi connectivity index (χ2n) is 3.42. The molecule has 1 aromatic carbocycles. The zero-order valence-electron chi connectivity index (χ0n) is 8.53. The minimum absolute atomic E-state index is 0.486. The van der Waals surface area contributed by atoms with Crippen LogP contribution < -0.4 is 5.32 Å². The summed E-state index contributed by atoms with van der Waals surface area (Å²) >= 11 is 12.0. The molecular formula is C11H11Cl2NO. The Kier molecular flexibility index (Phi) is 2.91.